The van der Waals surface area contributed by atoms with Crippen LogP contribution in [0.25, 0.3) is 22.2 Å². The summed E-state index contributed by atoms with van der Waals surface area (Å²) in [6.07, 6.45) is 14.6. The number of aromatic amines is 2. The topological polar surface area (TPSA) is 60.6 Å². The highest BCUT2D eigenvalue weighted by Gasteiger charge is 2.29. The van der Waals surface area contributed by atoms with Gasteiger partial charge in [-0.3, -0.25) is 5.10 Å². The van der Waals surface area contributed by atoms with Crippen LogP contribution in [-0.2, 0) is 0 Å². The van der Waals surface area contributed by atoms with Crippen molar-refractivity contribution >= 4 is 11.0 Å². The number of pyridine rings is 1. The van der Waals surface area contributed by atoms with E-state index in [-0.39, 0.29) is 0 Å². The van der Waals surface area contributed by atoms with Gasteiger partial charge in [-0.1, -0.05) is 0 Å². The predicted octanol–water partition coefficient (Wildman–Crippen LogP) is 3.68. The Hall–Kier alpha value is -2.14. The number of hydrogen-bond donors (Lipinski definition) is 2. The number of aromatic nitrogens is 4. The fourth-order valence-corrected chi connectivity index (χ4v) is 4.36. The number of hydrogen-bond acceptors (Lipinski definition) is 3. The van der Waals surface area contributed by atoms with Crippen molar-refractivity contribution in [1.82, 2.24) is 25.1 Å². The maximum atomic E-state index is 4.67. The number of nitrogens with one attached hydrogen (secondary N) is 2. The SMILES string of the molecule is c1n[nH]cc1-c1c[nH]c2ncc(C3CCC(N4CCC4)CC3)cc12. The molecule has 0 atom stereocenters. The first kappa shape index (κ1) is 14.2. The molecule has 124 valence electrons. The number of nitrogens with zero attached hydrogens (tertiary/aromatic N) is 3. The maximum Gasteiger partial charge on any atom is 0.137 e. The molecule has 24 heavy (non-hydrogen) atoms. The van der Waals surface area contributed by atoms with Crippen LogP contribution in [0.2, 0.25) is 0 Å². The van der Waals surface area contributed by atoms with Crippen molar-refractivity contribution in [2.24, 2.45) is 0 Å². The zero-order valence-electron chi connectivity index (χ0n) is 13.8. The first-order valence-corrected chi connectivity index (χ1v) is 9.09. The Morgan fingerprint density at radius 2 is 1.92 bits per heavy atom. The van der Waals surface area contributed by atoms with Crippen molar-refractivity contribution in [3.05, 3.63) is 36.4 Å². The molecular weight excluding hydrogens is 298 g/mol. The van der Waals surface area contributed by atoms with Gasteiger partial charge < -0.3 is 9.88 Å². The van der Waals surface area contributed by atoms with Crippen molar-refractivity contribution < 1.29 is 0 Å². The van der Waals surface area contributed by atoms with Crippen LogP contribution in [0.5, 0.6) is 0 Å². The Labute approximate surface area is 141 Å². The monoisotopic (exact) mass is 321 g/mol. The first-order valence-electron chi connectivity index (χ1n) is 9.09. The van der Waals surface area contributed by atoms with E-state index in [0.717, 1.165) is 17.3 Å². The lowest BCUT2D eigenvalue weighted by Crippen LogP contribution is -2.46. The molecule has 0 bridgehead atoms. The van der Waals surface area contributed by atoms with Crippen molar-refractivity contribution in [3.63, 3.8) is 0 Å². The first-order chi connectivity index (χ1) is 11.9. The summed E-state index contributed by atoms with van der Waals surface area (Å²) in [5.74, 6) is 0.659. The van der Waals surface area contributed by atoms with E-state index in [1.807, 2.05) is 18.6 Å². The molecule has 1 aliphatic carbocycles. The van der Waals surface area contributed by atoms with Gasteiger partial charge in [-0.05, 0) is 62.7 Å². The van der Waals surface area contributed by atoms with Crippen molar-refractivity contribution in [2.45, 2.75) is 44.1 Å². The lowest BCUT2D eigenvalue weighted by Gasteiger charge is -2.42. The molecule has 0 aromatic carbocycles. The molecule has 5 rings (SSSR count). The van der Waals surface area contributed by atoms with Gasteiger partial charge >= 0.3 is 0 Å². The summed E-state index contributed by atoms with van der Waals surface area (Å²) in [7, 11) is 0. The van der Waals surface area contributed by atoms with Gasteiger partial charge in [0.2, 0.25) is 0 Å². The number of rotatable bonds is 3. The number of likely N-dealkylation sites (tertiary alicyclic amines) is 1. The van der Waals surface area contributed by atoms with Crippen LogP contribution in [0, 0.1) is 0 Å². The largest absolute Gasteiger partial charge is 0.346 e. The Morgan fingerprint density at radius 3 is 2.62 bits per heavy atom. The van der Waals surface area contributed by atoms with Gasteiger partial charge in [-0.15, -0.1) is 0 Å². The van der Waals surface area contributed by atoms with Crippen LogP contribution < -0.4 is 0 Å². The fourth-order valence-electron chi connectivity index (χ4n) is 4.36. The van der Waals surface area contributed by atoms with E-state index in [9.17, 15) is 0 Å². The average Bonchev–Trinajstić information content (AvgIpc) is 3.22. The van der Waals surface area contributed by atoms with E-state index in [4.69, 9.17) is 0 Å². The summed E-state index contributed by atoms with van der Waals surface area (Å²) < 4.78 is 0. The molecule has 2 N–H and O–H groups in total. The third kappa shape index (κ3) is 2.35. The Morgan fingerprint density at radius 1 is 1.04 bits per heavy atom. The minimum Gasteiger partial charge on any atom is -0.346 e. The van der Waals surface area contributed by atoms with Crippen LogP contribution in [0.4, 0.5) is 0 Å². The number of fused-ring (bicyclic) bond motifs is 1. The quantitative estimate of drug-likeness (QED) is 0.773. The molecule has 1 saturated carbocycles. The normalized spacial score (nSPS) is 25.0. The maximum absolute atomic E-state index is 4.67. The van der Waals surface area contributed by atoms with E-state index in [1.165, 1.54) is 61.7 Å². The van der Waals surface area contributed by atoms with E-state index in [0.29, 0.717) is 5.92 Å². The molecule has 0 amide bonds. The predicted molar refractivity (Wildman–Crippen MR) is 94.9 cm³/mol. The molecule has 4 heterocycles. The molecule has 5 nitrogen and oxygen atoms in total. The van der Waals surface area contributed by atoms with E-state index >= 15 is 0 Å². The molecule has 3 aromatic rings. The summed E-state index contributed by atoms with van der Waals surface area (Å²) in [5.41, 5.74) is 4.65. The Balaban J connectivity index is 1.40. The smallest absolute Gasteiger partial charge is 0.137 e. The Kier molecular flexibility index (Phi) is 3.40. The third-order valence-electron chi connectivity index (χ3n) is 5.94. The molecule has 0 spiro atoms. The van der Waals surface area contributed by atoms with E-state index in [1.54, 1.807) is 0 Å². The zero-order chi connectivity index (χ0) is 15.9. The van der Waals surface area contributed by atoms with Crippen LogP contribution in [0.1, 0.15) is 43.6 Å². The van der Waals surface area contributed by atoms with Gasteiger partial charge in [-0.2, -0.15) is 5.10 Å². The summed E-state index contributed by atoms with van der Waals surface area (Å²) in [5, 5.41) is 8.18. The van der Waals surface area contributed by atoms with Gasteiger partial charge in [0, 0.05) is 41.1 Å². The Bertz CT molecular complexity index is 823. The molecule has 3 aromatic heterocycles. The molecule has 1 aliphatic heterocycles. The van der Waals surface area contributed by atoms with Crippen LogP contribution in [0.15, 0.2) is 30.9 Å². The molecule has 1 saturated heterocycles. The van der Waals surface area contributed by atoms with Crippen LogP contribution in [-0.4, -0.2) is 44.2 Å². The molecule has 2 aliphatic rings. The van der Waals surface area contributed by atoms with Crippen LogP contribution >= 0.6 is 0 Å². The van der Waals surface area contributed by atoms with Gasteiger partial charge in [0.1, 0.15) is 5.65 Å². The van der Waals surface area contributed by atoms with Gasteiger partial charge in [0.25, 0.3) is 0 Å². The molecular formula is C19H23N5. The van der Waals surface area contributed by atoms with E-state index < -0.39 is 0 Å². The highest BCUT2D eigenvalue weighted by molar-refractivity contribution is 5.93. The minimum absolute atomic E-state index is 0.659. The summed E-state index contributed by atoms with van der Waals surface area (Å²) in [6, 6.07) is 3.18. The summed E-state index contributed by atoms with van der Waals surface area (Å²) in [6.45, 7) is 2.64. The summed E-state index contributed by atoms with van der Waals surface area (Å²) >= 11 is 0. The van der Waals surface area contributed by atoms with Crippen molar-refractivity contribution in [1.29, 1.82) is 0 Å². The van der Waals surface area contributed by atoms with E-state index in [2.05, 4.69) is 37.3 Å². The highest BCUT2D eigenvalue weighted by atomic mass is 15.2. The lowest BCUT2D eigenvalue weighted by molar-refractivity contribution is 0.0869. The fraction of sp³-hybridized carbons (Fsp3) is 0.474. The van der Waals surface area contributed by atoms with Crippen LogP contribution in [0.3, 0.4) is 0 Å². The number of H-pyrrole nitrogens is 2. The lowest BCUT2D eigenvalue weighted by atomic mass is 9.81. The van der Waals surface area contributed by atoms with Gasteiger partial charge in [-0.25, -0.2) is 4.98 Å². The second kappa shape index (κ2) is 5.74. The second-order valence-electron chi connectivity index (χ2n) is 7.25. The average molecular weight is 321 g/mol. The van der Waals surface area contributed by atoms with Crippen molar-refractivity contribution in [3.8, 4) is 11.1 Å². The minimum atomic E-state index is 0.659. The summed E-state index contributed by atoms with van der Waals surface area (Å²) in [4.78, 5) is 10.6. The van der Waals surface area contributed by atoms with Gasteiger partial charge in [0.05, 0.1) is 6.20 Å². The highest BCUT2D eigenvalue weighted by Crippen LogP contribution is 2.37. The molecule has 5 heteroatoms. The standard InChI is InChI=1S/C19H23N5/c1-6-24(7-1)16-4-2-13(3-5-16)14-8-17-18(15-10-22-23-11-15)12-21-19(17)20-9-14/h8-13,16H,1-7H2,(H,20,21)(H,22,23). The second-order valence-corrected chi connectivity index (χ2v) is 7.25. The molecule has 2 fully saturated rings. The third-order valence-corrected chi connectivity index (χ3v) is 5.94. The molecule has 0 unspecified atom stereocenters. The molecule has 0 radical (unpaired) electrons. The zero-order valence-corrected chi connectivity index (χ0v) is 13.8. The van der Waals surface area contributed by atoms with Crippen molar-refractivity contribution in [2.75, 3.05) is 13.1 Å². The van der Waals surface area contributed by atoms with Gasteiger partial charge in [0.15, 0.2) is 0 Å².